The van der Waals surface area contributed by atoms with Gasteiger partial charge in [-0.05, 0) is 93.1 Å². The van der Waals surface area contributed by atoms with Crippen molar-refractivity contribution in [2.75, 3.05) is 0 Å². The Morgan fingerprint density at radius 1 is 1.30 bits per heavy atom. The maximum absolute atomic E-state index is 12.5. The second-order valence-electron chi connectivity index (χ2n) is 8.26. The van der Waals surface area contributed by atoms with Crippen LogP contribution in [0.5, 0.6) is 5.75 Å². The van der Waals surface area contributed by atoms with E-state index in [4.69, 9.17) is 16.3 Å². The Bertz CT molecular complexity index is 974. The van der Waals surface area contributed by atoms with E-state index in [1.165, 1.54) is 19.3 Å². The molecular weight excluding hydrogens is 626 g/mol. The monoisotopic (exact) mass is 648 g/mol. The highest BCUT2D eigenvalue weighted by molar-refractivity contribution is 14.1. The fourth-order valence-corrected chi connectivity index (χ4v) is 6.97. The van der Waals surface area contributed by atoms with Gasteiger partial charge < -0.3 is 4.74 Å². The van der Waals surface area contributed by atoms with Crippen LogP contribution >= 0.6 is 56.8 Å². The van der Waals surface area contributed by atoms with Gasteiger partial charge in [-0.1, -0.05) is 49.6 Å². The van der Waals surface area contributed by atoms with Gasteiger partial charge in [0.05, 0.1) is 13.4 Å². The maximum Gasteiger partial charge on any atom is 0.244 e. The van der Waals surface area contributed by atoms with Crippen LogP contribution < -0.4 is 10.2 Å². The molecule has 0 unspecified atom stereocenters. The lowest BCUT2D eigenvalue weighted by Crippen LogP contribution is -2.22. The number of hydrazone groups is 1. The van der Waals surface area contributed by atoms with Crippen LogP contribution in [0.2, 0.25) is 5.02 Å². The second kappa shape index (κ2) is 9.32. The highest BCUT2D eigenvalue weighted by Crippen LogP contribution is 2.66. The molecule has 2 aromatic rings. The van der Waals surface area contributed by atoms with E-state index in [1.807, 2.05) is 36.4 Å². The number of fused-ring (bicyclic) bond motifs is 1. The van der Waals surface area contributed by atoms with E-state index in [9.17, 15) is 4.79 Å². The molecule has 0 heterocycles. The summed E-state index contributed by atoms with van der Waals surface area (Å²) >= 11 is 10.7. The minimum atomic E-state index is 0.0599. The Morgan fingerprint density at radius 2 is 2.03 bits per heavy atom. The molecule has 4 nitrogen and oxygen atoms in total. The van der Waals surface area contributed by atoms with E-state index in [2.05, 4.69) is 62.6 Å². The summed E-state index contributed by atoms with van der Waals surface area (Å²) in [6, 6.07) is 11.7. The average molecular weight is 649 g/mol. The van der Waals surface area contributed by atoms with Gasteiger partial charge in [0.25, 0.3) is 0 Å². The molecule has 1 amide bonds. The predicted molar refractivity (Wildman–Crippen MR) is 137 cm³/mol. The first-order valence-electron chi connectivity index (χ1n) is 10.1. The average Bonchev–Trinajstić information content (AvgIpc) is 3.34. The summed E-state index contributed by atoms with van der Waals surface area (Å²) < 4.78 is 8.00. The molecular formula is C23H23ClI2N2O2. The lowest BCUT2D eigenvalue weighted by molar-refractivity contribution is -0.123. The quantitative estimate of drug-likeness (QED) is 0.224. The SMILES string of the molecule is C[C@]12CCCC[C@H]1[C@H]2C(=O)N/N=C\c1cc(I)c(OCc2ccccc2Cl)c(I)c1. The zero-order valence-corrected chi connectivity index (χ0v) is 21.7. The zero-order valence-electron chi connectivity index (χ0n) is 16.6. The van der Waals surface area contributed by atoms with Crippen molar-refractivity contribution < 1.29 is 9.53 Å². The van der Waals surface area contributed by atoms with Gasteiger partial charge in [-0.3, -0.25) is 4.79 Å². The molecule has 4 rings (SSSR count). The number of ether oxygens (including phenoxy) is 1. The van der Waals surface area contributed by atoms with Crippen LogP contribution in [-0.2, 0) is 11.4 Å². The first-order valence-corrected chi connectivity index (χ1v) is 12.6. The molecule has 0 bridgehead atoms. The van der Waals surface area contributed by atoms with Crippen molar-refractivity contribution in [2.24, 2.45) is 22.4 Å². The van der Waals surface area contributed by atoms with Gasteiger partial charge in [0.2, 0.25) is 5.91 Å². The smallest absolute Gasteiger partial charge is 0.244 e. The molecule has 158 valence electrons. The zero-order chi connectivity index (χ0) is 21.3. The highest BCUT2D eigenvalue weighted by atomic mass is 127. The van der Waals surface area contributed by atoms with Gasteiger partial charge in [0.1, 0.15) is 12.4 Å². The molecule has 0 aliphatic heterocycles. The van der Waals surface area contributed by atoms with Crippen LogP contribution in [0.4, 0.5) is 0 Å². The van der Waals surface area contributed by atoms with Gasteiger partial charge in [0.15, 0.2) is 0 Å². The third-order valence-electron chi connectivity index (χ3n) is 6.35. The van der Waals surface area contributed by atoms with Crippen molar-refractivity contribution in [3.05, 3.63) is 59.7 Å². The van der Waals surface area contributed by atoms with E-state index < -0.39 is 0 Å². The Hall–Kier alpha value is -0.870. The van der Waals surface area contributed by atoms with Crippen LogP contribution in [0, 0.1) is 24.4 Å². The number of carbonyl (C=O) groups is 1. The molecule has 30 heavy (non-hydrogen) atoms. The normalized spacial score (nSPS) is 25.1. The topological polar surface area (TPSA) is 50.7 Å². The molecule has 2 fully saturated rings. The first-order chi connectivity index (χ1) is 14.4. The van der Waals surface area contributed by atoms with Crippen LogP contribution in [-0.4, -0.2) is 12.1 Å². The number of rotatable bonds is 6. The Balaban J connectivity index is 1.37. The Morgan fingerprint density at radius 3 is 2.70 bits per heavy atom. The summed E-state index contributed by atoms with van der Waals surface area (Å²) in [4.78, 5) is 12.5. The summed E-state index contributed by atoms with van der Waals surface area (Å²) in [5.41, 5.74) is 4.84. The molecule has 2 aromatic carbocycles. The molecule has 3 atom stereocenters. The van der Waals surface area contributed by atoms with Crippen LogP contribution in [0.25, 0.3) is 0 Å². The molecule has 2 aliphatic rings. The molecule has 7 heteroatoms. The predicted octanol–water partition coefficient (Wildman–Crippen LogP) is 6.40. The van der Waals surface area contributed by atoms with Gasteiger partial charge in [-0.15, -0.1) is 0 Å². The van der Waals surface area contributed by atoms with Crippen molar-refractivity contribution in [2.45, 2.75) is 39.2 Å². The van der Waals surface area contributed by atoms with Crippen molar-refractivity contribution in [3.8, 4) is 5.75 Å². The number of nitrogens with one attached hydrogen (secondary N) is 1. The largest absolute Gasteiger partial charge is 0.487 e. The van der Waals surface area contributed by atoms with Crippen LogP contribution in [0.3, 0.4) is 0 Å². The Kier molecular flexibility index (Phi) is 6.94. The number of halogens is 3. The lowest BCUT2D eigenvalue weighted by atomic mass is 9.90. The lowest BCUT2D eigenvalue weighted by Gasteiger charge is -2.15. The second-order valence-corrected chi connectivity index (χ2v) is 11.0. The number of hydrogen-bond donors (Lipinski definition) is 1. The molecule has 1 N–H and O–H groups in total. The number of benzene rings is 2. The summed E-state index contributed by atoms with van der Waals surface area (Å²) in [6.07, 6.45) is 6.52. The highest BCUT2D eigenvalue weighted by Gasteiger charge is 2.64. The molecule has 2 saturated carbocycles. The standard InChI is InChI=1S/C23H23ClI2N2O2/c1-23-9-5-4-7-16(23)20(23)22(29)28-27-12-14-10-18(25)21(19(26)11-14)30-13-15-6-2-3-8-17(15)24/h2-3,6,8,10-12,16,20H,4-5,7,9,13H2,1H3,(H,28,29)/b27-12-/t16-,20-,23-/m0/s1. The Labute approximate surface area is 209 Å². The van der Waals surface area contributed by atoms with E-state index in [-0.39, 0.29) is 17.2 Å². The number of nitrogens with zero attached hydrogens (tertiary/aromatic N) is 1. The van der Waals surface area contributed by atoms with Gasteiger partial charge in [0, 0.05) is 16.5 Å². The van der Waals surface area contributed by atoms with Crippen molar-refractivity contribution >= 4 is 68.9 Å². The summed E-state index contributed by atoms with van der Waals surface area (Å²) in [6.45, 7) is 2.66. The van der Waals surface area contributed by atoms with Crippen molar-refractivity contribution in [3.63, 3.8) is 0 Å². The van der Waals surface area contributed by atoms with E-state index in [1.54, 1.807) is 6.21 Å². The summed E-state index contributed by atoms with van der Waals surface area (Å²) in [5.74, 6) is 1.55. The molecule has 2 aliphatic carbocycles. The van der Waals surface area contributed by atoms with Crippen molar-refractivity contribution in [1.82, 2.24) is 5.43 Å². The minimum absolute atomic E-state index is 0.0599. The van der Waals surface area contributed by atoms with E-state index in [0.717, 1.165) is 30.4 Å². The van der Waals surface area contributed by atoms with Gasteiger partial charge in [-0.2, -0.15) is 5.10 Å². The molecule has 0 spiro atoms. The summed E-state index contributed by atoms with van der Waals surface area (Å²) in [7, 11) is 0. The van der Waals surface area contributed by atoms with E-state index >= 15 is 0 Å². The molecule has 0 aromatic heterocycles. The molecule has 0 saturated heterocycles. The van der Waals surface area contributed by atoms with Crippen LogP contribution in [0.1, 0.15) is 43.7 Å². The van der Waals surface area contributed by atoms with Crippen molar-refractivity contribution in [1.29, 1.82) is 0 Å². The summed E-state index contributed by atoms with van der Waals surface area (Å²) in [5, 5.41) is 4.92. The van der Waals surface area contributed by atoms with Crippen LogP contribution in [0.15, 0.2) is 41.5 Å². The van der Waals surface area contributed by atoms with E-state index in [0.29, 0.717) is 17.5 Å². The first kappa shape index (κ1) is 22.3. The van der Waals surface area contributed by atoms with Gasteiger partial charge in [-0.25, -0.2) is 5.43 Å². The number of carbonyl (C=O) groups excluding carboxylic acids is 1. The number of amides is 1. The maximum atomic E-state index is 12.5. The third-order valence-corrected chi connectivity index (χ3v) is 8.32. The number of hydrogen-bond acceptors (Lipinski definition) is 3. The van der Waals surface area contributed by atoms with Gasteiger partial charge >= 0.3 is 0 Å². The minimum Gasteiger partial charge on any atom is -0.487 e. The molecule has 0 radical (unpaired) electrons. The fourth-order valence-electron chi connectivity index (χ4n) is 4.65. The third kappa shape index (κ3) is 4.65. The fraction of sp³-hybridized carbons (Fsp3) is 0.391.